The minimum absolute atomic E-state index is 0.0831. The van der Waals surface area contributed by atoms with E-state index in [1.807, 2.05) is 48.5 Å². The minimum Gasteiger partial charge on any atom is -0.445 e. The number of ether oxygens (including phenoxy) is 1. The van der Waals surface area contributed by atoms with Crippen LogP contribution in [0.1, 0.15) is 36.8 Å². The first kappa shape index (κ1) is 22.3. The highest BCUT2D eigenvalue weighted by atomic mass is 16.5. The molecule has 1 heterocycles. The Kier molecular flexibility index (Phi) is 7.77. The van der Waals surface area contributed by atoms with Crippen molar-refractivity contribution < 1.29 is 14.3 Å². The Bertz CT molecular complexity index is 874. The lowest BCUT2D eigenvalue weighted by atomic mass is 9.84. The summed E-state index contributed by atoms with van der Waals surface area (Å²) in [6.45, 7) is 2.36. The first-order valence-corrected chi connectivity index (χ1v) is 11.7. The van der Waals surface area contributed by atoms with Gasteiger partial charge < -0.3 is 15.4 Å². The first-order valence-electron chi connectivity index (χ1n) is 11.7. The molecule has 2 fully saturated rings. The SMILES string of the molecule is O=C1CN(C[C@@H]2CCCC[C@H]2NC(=O)OCc2ccccc2)C[C@H](Cc2ccccc2)N1. The highest BCUT2D eigenvalue weighted by molar-refractivity contribution is 5.79. The van der Waals surface area contributed by atoms with Gasteiger partial charge in [0.1, 0.15) is 6.61 Å². The Hall–Kier alpha value is -2.86. The molecule has 2 aliphatic rings. The van der Waals surface area contributed by atoms with Crippen LogP contribution in [0.5, 0.6) is 0 Å². The molecule has 0 unspecified atom stereocenters. The van der Waals surface area contributed by atoms with Gasteiger partial charge >= 0.3 is 6.09 Å². The fraction of sp³-hybridized carbons (Fsp3) is 0.462. The molecule has 1 aliphatic heterocycles. The van der Waals surface area contributed by atoms with Gasteiger partial charge in [0.2, 0.25) is 5.91 Å². The summed E-state index contributed by atoms with van der Waals surface area (Å²) >= 11 is 0. The van der Waals surface area contributed by atoms with Crippen LogP contribution in [0, 0.1) is 5.92 Å². The third-order valence-electron chi connectivity index (χ3n) is 6.45. The maximum absolute atomic E-state index is 12.4. The molecular formula is C26H33N3O3. The molecule has 2 aromatic rings. The van der Waals surface area contributed by atoms with Crippen molar-refractivity contribution in [3.05, 3.63) is 71.8 Å². The topological polar surface area (TPSA) is 70.7 Å². The van der Waals surface area contributed by atoms with Crippen molar-refractivity contribution in [2.75, 3.05) is 19.6 Å². The highest BCUT2D eigenvalue weighted by Crippen LogP contribution is 2.26. The molecule has 2 N–H and O–H groups in total. The van der Waals surface area contributed by atoms with Gasteiger partial charge in [-0.1, -0.05) is 73.5 Å². The number of carbonyl (C=O) groups is 2. The second-order valence-corrected chi connectivity index (χ2v) is 9.01. The number of amides is 2. The number of alkyl carbamates (subject to hydrolysis) is 1. The van der Waals surface area contributed by atoms with Gasteiger partial charge in [0.05, 0.1) is 6.54 Å². The van der Waals surface area contributed by atoms with Gasteiger partial charge in [0.25, 0.3) is 0 Å². The van der Waals surface area contributed by atoms with E-state index in [0.29, 0.717) is 12.5 Å². The predicted octanol–water partition coefficient (Wildman–Crippen LogP) is 3.51. The van der Waals surface area contributed by atoms with Crippen molar-refractivity contribution in [1.82, 2.24) is 15.5 Å². The van der Waals surface area contributed by atoms with E-state index in [0.717, 1.165) is 50.8 Å². The molecule has 32 heavy (non-hydrogen) atoms. The summed E-state index contributed by atoms with van der Waals surface area (Å²) in [5.41, 5.74) is 2.21. The summed E-state index contributed by atoms with van der Waals surface area (Å²) in [6.07, 6.45) is 4.77. The van der Waals surface area contributed by atoms with E-state index in [2.05, 4.69) is 27.7 Å². The first-order chi connectivity index (χ1) is 15.7. The van der Waals surface area contributed by atoms with E-state index in [4.69, 9.17) is 4.74 Å². The van der Waals surface area contributed by atoms with Crippen LogP contribution in [0.3, 0.4) is 0 Å². The molecule has 170 valence electrons. The lowest BCUT2D eigenvalue weighted by Gasteiger charge is -2.39. The largest absolute Gasteiger partial charge is 0.445 e. The van der Waals surface area contributed by atoms with E-state index < -0.39 is 0 Å². The number of hydrogen-bond donors (Lipinski definition) is 2. The maximum Gasteiger partial charge on any atom is 0.407 e. The smallest absolute Gasteiger partial charge is 0.407 e. The number of carbonyl (C=O) groups excluding carboxylic acids is 2. The van der Waals surface area contributed by atoms with Gasteiger partial charge in [0.15, 0.2) is 0 Å². The second-order valence-electron chi connectivity index (χ2n) is 9.01. The monoisotopic (exact) mass is 435 g/mol. The number of piperazine rings is 1. The third kappa shape index (κ3) is 6.57. The summed E-state index contributed by atoms with van der Waals surface area (Å²) in [5.74, 6) is 0.413. The summed E-state index contributed by atoms with van der Waals surface area (Å²) < 4.78 is 5.44. The third-order valence-corrected chi connectivity index (χ3v) is 6.45. The van der Waals surface area contributed by atoms with E-state index in [1.54, 1.807) is 0 Å². The Balaban J connectivity index is 1.30. The van der Waals surface area contributed by atoms with Gasteiger partial charge in [-0.2, -0.15) is 0 Å². The van der Waals surface area contributed by atoms with Gasteiger partial charge in [-0.3, -0.25) is 9.69 Å². The van der Waals surface area contributed by atoms with Crippen LogP contribution in [0.2, 0.25) is 0 Å². The molecule has 2 aromatic carbocycles. The molecule has 0 bridgehead atoms. The molecule has 1 saturated carbocycles. The normalized spacial score (nSPS) is 23.9. The summed E-state index contributed by atoms with van der Waals surface area (Å²) in [7, 11) is 0. The van der Waals surface area contributed by atoms with E-state index in [-0.39, 0.29) is 30.7 Å². The molecule has 0 radical (unpaired) electrons. The average molecular weight is 436 g/mol. The van der Waals surface area contributed by atoms with Crippen LogP contribution in [-0.2, 0) is 22.6 Å². The van der Waals surface area contributed by atoms with Crippen molar-refractivity contribution in [3.8, 4) is 0 Å². The summed E-state index contributed by atoms with van der Waals surface area (Å²) in [6, 6.07) is 20.2. The molecule has 2 amide bonds. The van der Waals surface area contributed by atoms with Crippen LogP contribution < -0.4 is 10.6 Å². The van der Waals surface area contributed by atoms with Gasteiger partial charge in [-0.25, -0.2) is 4.79 Å². The molecule has 0 aromatic heterocycles. The molecule has 0 spiro atoms. The second kappa shape index (κ2) is 11.1. The van der Waals surface area contributed by atoms with Crippen molar-refractivity contribution in [1.29, 1.82) is 0 Å². The number of benzene rings is 2. The zero-order valence-corrected chi connectivity index (χ0v) is 18.5. The average Bonchev–Trinajstić information content (AvgIpc) is 2.80. The van der Waals surface area contributed by atoms with Crippen LogP contribution in [-0.4, -0.2) is 48.6 Å². The highest BCUT2D eigenvalue weighted by Gasteiger charge is 2.32. The van der Waals surface area contributed by atoms with Gasteiger partial charge in [0, 0.05) is 25.2 Å². The molecule has 6 heteroatoms. The standard InChI is InChI=1S/C26H33N3O3/c30-25-18-29(17-23(27-25)15-20-9-3-1-4-10-20)16-22-13-7-8-14-24(22)28-26(31)32-19-21-11-5-2-6-12-21/h1-6,9-12,22-24H,7-8,13-19H2,(H,27,30)(H,28,31)/t22-,23-,24+/m0/s1. The van der Waals surface area contributed by atoms with Crippen LogP contribution in [0.15, 0.2) is 60.7 Å². The number of nitrogens with one attached hydrogen (secondary N) is 2. The minimum atomic E-state index is -0.357. The Labute approximate surface area is 190 Å². The number of hydrogen-bond acceptors (Lipinski definition) is 4. The molecule has 6 nitrogen and oxygen atoms in total. The molecule has 1 aliphatic carbocycles. The van der Waals surface area contributed by atoms with Crippen molar-refractivity contribution in [3.63, 3.8) is 0 Å². The van der Waals surface area contributed by atoms with E-state index >= 15 is 0 Å². The lowest BCUT2D eigenvalue weighted by Crippen LogP contribution is -2.57. The van der Waals surface area contributed by atoms with Crippen molar-refractivity contribution in [2.24, 2.45) is 5.92 Å². The zero-order chi connectivity index (χ0) is 22.2. The van der Waals surface area contributed by atoms with Crippen LogP contribution in [0.4, 0.5) is 4.79 Å². The van der Waals surface area contributed by atoms with E-state index in [1.165, 1.54) is 5.56 Å². The molecule has 4 rings (SSSR count). The Morgan fingerprint density at radius 1 is 1.00 bits per heavy atom. The fourth-order valence-electron chi connectivity index (χ4n) is 4.92. The maximum atomic E-state index is 12.4. The summed E-state index contributed by atoms with van der Waals surface area (Å²) in [4.78, 5) is 27.0. The van der Waals surface area contributed by atoms with Gasteiger partial charge in [-0.15, -0.1) is 0 Å². The molecular weight excluding hydrogens is 402 g/mol. The van der Waals surface area contributed by atoms with Crippen molar-refractivity contribution in [2.45, 2.75) is 50.8 Å². The van der Waals surface area contributed by atoms with Crippen LogP contribution >= 0.6 is 0 Å². The van der Waals surface area contributed by atoms with Crippen molar-refractivity contribution >= 4 is 12.0 Å². The lowest BCUT2D eigenvalue weighted by molar-refractivity contribution is -0.125. The Morgan fingerprint density at radius 3 is 2.44 bits per heavy atom. The van der Waals surface area contributed by atoms with Crippen LogP contribution in [0.25, 0.3) is 0 Å². The summed E-state index contributed by atoms with van der Waals surface area (Å²) in [5, 5.41) is 6.24. The van der Waals surface area contributed by atoms with Gasteiger partial charge in [-0.05, 0) is 36.3 Å². The Morgan fingerprint density at radius 2 is 1.69 bits per heavy atom. The predicted molar refractivity (Wildman–Crippen MR) is 124 cm³/mol. The molecule has 3 atom stereocenters. The number of nitrogens with zero attached hydrogens (tertiary/aromatic N) is 1. The quantitative estimate of drug-likeness (QED) is 0.698. The number of rotatable bonds is 7. The van der Waals surface area contributed by atoms with E-state index in [9.17, 15) is 9.59 Å². The zero-order valence-electron chi connectivity index (χ0n) is 18.5. The fourth-order valence-corrected chi connectivity index (χ4v) is 4.92. The molecule has 1 saturated heterocycles.